The number of hydrogen-bond acceptors (Lipinski definition) is 5. The molecule has 0 aliphatic rings. The van der Waals surface area contributed by atoms with Gasteiger partial charge in [-0.25, -0.2) is 4.21 Å². The van der Waals surface area contributed by atoms with Gasteiger partial charge in [-0.05, 0) is 36.2 Å². The Bertz CT molecular complexity index is 1050. The van der Waals surface area contributed by atoms with Crippen LogP contribution in [0.25, 0.3) is 0 Å². The van der Waals surface area contributed by atoms with E-state index >= 15 is 0 Å². The van der Waals surface area contributed by atoms with E-state index in [-0.39, 0.29) is 24.6 Å². The van der Waals surface area contributed by atoms with Crippen LogP contribution in [0.15, 0.2) is 47.0 Å². The molecule has 7 nitrogen and oxygen atoms in total. The van der Waals surface area contributed by atoms with Gasteiger partial charge in [0.25, 0.3) is 5.91 Å². The van der Waals surface area contributed by atoms with E-state index in [0.717, 1.165) is 12.1 Å². The monoisotopic (exact) mass is 456 g/mol. The van der Waals surface area contributed by atoms with Crippen molar-refractivity contribution in [1.29, 1.82) is 0 Å². The molecule has 2 N–H and O–H groups in total. The third kappa shape index (κ3) is 7.67. The first-order valence-corrected chi connectivity index (χ1v) is 11.5. The van der Waals surface area contributed by atoms with Crippen molar-refractivity contribution in [2.24, 2.45) is 10.3 Å². The van der Waals surface area contributed by atoms with Crippen LogP contribution in [0.4, 0.5) is 18.9 Å². The van der Waals surface area contributed by atoms with Crippen molar-refractivity contribution < 1.29 is 27.0 Å². The number of nitrogens with one attached hydrogen (secondary N) is 2. The van der Waals surface area contributed by atoms with Gasteiger partial charge < -0.3 is 10.6 Å². The zero-order valence-electron chi connectivity index (χ0n) is 17.2. The molecule has 1 aromatic carbocycles. The van der Waals surface area contributed by atoms with Crippen molar-refractivity contribution in [3.63, 3.8) is 0 Å². The molecule has 1 atom stereocenters. The van der Waals surface area contributed by atoms with Crippen LogP contribution in [-0.2, 0) is 27.1 Å². The fourth-order valence-electron chi connectivity index (χ4n) is 2.74. The zero-order chi connectivity index (χ0) is 23.2. The number of halogens is 3. The minimum Gasteiger partial charge on any atom is -0.359 e. The van der Waals surface area contributed by atoms with Crippen LogP contribution in [-0.4, -0.2) is 47.1 Å². The highest BCUT2D eigenvalue weighted by Crippen LogP contribution is 2.29. The quantitative estimate of drug-likeness (QED) is 0.669. The molecule has 0 fully saturated rings. The number of rotatable bonds is 7. The van der Waals surface area contributed by atoms with Gasteiger partial charge in [-0.1, -0.05) is 12.1 Å². The minimum absolute atomic E-state index is 0.0371. The Hall–Kier alpha value is -2.95. The largest absolute Gasteiger partial charge is 0.416 e. The van der Waals surface area contributed by atoms with Crippen LogP contribution in [0.2, 0.25) is 0 Å². The van der Waals surface area contributed by atoms with Crippen LogP contribution in [0.1, 0.15) is 21.6 Å². The molecule has 1 heterocycles. The van der Waals surface area contributed by atoms with Crippen molar-refractivity contribution in [3.05, 3.63) is 59.4 Å². The molecular weight excluding hydrogens is 433 g/mol. The minimum atomic E-state index is -4.44. The van der Waals surface area contributed by atoms with E-state index in [9.17, 15) is 27.0 Å². The normalized spacial score (nSPS) is 12.7. The average Bonchev–Trinajstić information content (AvgIpc) is 2.68. The third-order valence-corrected chi connectivity index (χ3v) is 4.84. The Morgan fingerprint density at radius 1 is 1.16 bits per heavy atom. The molecule has 0 radical (unpaired) electrons. The number of carbonyl (C=O) groups is 2. The van der Waals surface area contributed by atoms with Gasteiger partial charge in [0.15, 0.2) is 0 Å². The molecule has 0 bridgehead atoms. The van der Waals surface area contributed by atoms with E-state index in [2.05, 4.69) is 20.0 Å². The SMILES string of the molecule is CNC(=O)C(CNC(=O)c1cc(N=S(C)(C)=O)ccn1)Cc1ccc(C(F)(F)F)cc1. The number of alkyl halides is 3. The van der Waals surface area contributed by atoms with Crippen molar-refractivity contribution in [1.82, 2.24) is 15.6 Å². The van der Waals surface area contributed by atoms with Gasteiger partial charge in [0.2, 0.25) is 5.91 Å². The second-order valence-corrected chi connectivity index (χ2v) is 9.64. The predicted octanol–water partition coefficient (Wildman–Crippen LogP) is 2.79. The topological polar surface area (TPSA) is 101 Å². The van der Waals surface area contributed by atoms with Crippen LogP contribution < -0.4 is 10.6 Å². The summed E-state index contributed by atoms with van der Waals surface area (Å²) in [6, 6.07) is 7.41. The molecule has 0 aliphatic carbocycles. The van der Waals surface area contributed by atoms with Crippen molar-refractivity contribution >= 4 is 27.2 Å². The summed E-state index contributed by atoms with van der Waals surface area (Å²) in [5.74, 6) is -1.63. The number of aromatic nitrogens is 1. The van der Waals surface area contributed by atoms with E-state index in [1.165, 1.54) is 50.0 Å². The summed E-state index contributed by atoms with van der Waals surface area (Å²) in [5, 5.41) is 5.09. The predicted molar refractivity (Wildman–Crippen MR) is 111 cm³/mol. The van der Waals surface area contributed by atoms with Crippen LogP contribution in [0.5, 0.6) is 0 Å². The molecule has 168 valence electrons. The number of benzene rings is 1. The second kappa shape index (κ2) is 9.90. The second-order valence-electron chi connectivity index (χ2n) is 7.09. The molecular formula is C20H23F3N4O3S. The Kier molecular flexibility index (Phi) is 7.77. The Labute approximate surface area is 178 Å². The van der Waals surface area contributed by atoms with Gasteiger partial charge in [-0.3, -0.25) is 14.6 Å². The highest BCUT2D eigenvalue weighted by molar-refractivity contribution is 7.92. The lowest BCUT2D eigenvalue weighted by atomic mass is 9.97. The highest BCUT2D eigenvalue weighted by Gasteiger charge is 2.30. The lowest BCUT2D eigenvalue weighted by Gasteiger charge is -2.17. The van der Waals surface area contributed by atoms with E-state index < -0.39 is 33.3 Å². The summed E-state index contributed by atoms with van der Waals surface area (Å²) in [5.41, 5.74) is 0.119. The lowest BCUT2D eigenvalue weighted by Crippen LogP contribution is -2.38. The van der Waals surface area contributed by atoms with Crippen LogP contribution in [0.3, 0.4) is 0 Å². The Balaban J connectivity index is 2.10. The van der Waals surface area contributed by atoms with Gasteiger partial charge >= 0.3 is 6.18 Å². The summed E-state index contributed by atoms with van der Waals surface area (Å²) in [6.07, 6.45) is -0.0277. The number of amides is 2. The maximum Gasteiger partial charge on any atom is 0.416 e. The molecule has 11 heteroatoms. The maximum atomic E-state index is 12.7. The van der Waals surface area contributed by atoms with Crippen molar-refractivity contribution in [2.45, 2.75) is 12.6 Å². The average molecular weight is 456 g/mol. The molecule has 0 saturated carbocycles. The van der Waals surface area contributed by atoms with Gasteiger partial charge in [-0.15, -0.1) is 0 Å². The third-order valence-electron chi connectivity index (χ3n) is 4.19. The van der Waals surface area contributed by atoms with E-state index in [4.69, 9.17) is 0 Å². The maximum absolute atomic E-state index is 12.7. The molecule has 0 saturated heterocycles. The van der Waals surface area contributed by atoms with Gasteiger partial charge in [-0.2, -0.15) is 17.5 Å². The molecule has 0 spiro atoms. The van der Waals surface area contributed by atoms with Crippen molar-refractivity contribution in [2.75, 3.05) is 26.1 Å². The lowest BCUT2D eigenvalue weighted by molar-refractivity contribution is -0.137. The summed E-state index contributed by atoms with van der Waals surface area (Å²) in [7, 11) is -0.981. The molecule has 0 aliphatic heterocycles. The van der Waals surface area contributed by atoms with E-state index in [1.807, 2.05) is 0 Å². The van der Waals surface area contributed by atoms with E-state index in [0.29, 0.717) is 11.3 Å². The number of carbonyl (C=O) groups excluding carboxylic acids is 2. The van der Waals surface area contributed by atoms with Crippen LogP contribution >= 0.6 is 0 Å². The highest BCUT2D eigenvalue weighted by atomic mass is 32.2. The molecule has 2 aromatic rings. The number of hydrogen-bond donors (Lipinski definition) is 2. The first kappa shape index (κ1) is 24.3. The summed E-state index contributed by atoms with van der Waals surface area (Å²) >= 11 is 0. The molecule has 1 aromatic heterocycles. The van der Waals surface area contributed by atoms with Gasteiger partial charge in [0, 0.05) is 42.0 Å². The van der Waals surface area contributed by atoms with Crippen molar-refractivity contribution in [3.8, 4) is 0 Å². The number of nitrogens with zero attached hydrogens (tertiary/aromatic N) is 2. The summed E-state index contributed by atoms with van der Waals surface area (Å²) < 4.78 is 54.0. The fourth-order valence-corrected chi connectivity index (χ4v) is 3.36. The molecule has 1 unspecified atom stereocenters. The summed E-state index contributed by atoms with van der Waals surface area (Å²) in [6.45, 7) is -0.0547. The summed E-state index contributed by atoms with van der Waals surface area (Å²) in [4.78, 5) is 28.6. The molecule has 2 amide bonds. The number of pyridine rings is 1. The van der Waals surface area contributed by atoms with Crippen LogP contribution in [0, 0.1) is 5.92 Å². The Morgan fingerprint density at radius 2 is 1.81 bits per heavy atom. The molecule has 31 heavy (non-hydrogen) atoms. The standard InChI is InChI=1S/C20H23F3N4O3S/c1-24-18(28)14(10-13-4-6-15(7-5-13)20(21,22)23)12-26-19(29)17-11-16(8-9-25-17)27-31(2,3)30/h4-9,11,14H,10,12H2,1-3H3,(H,24,28)(H,26,29). The Morgan fingerprint density at radius 3 is 2.35 bits per heavy atom. The van der Waals surface area contributed by atoms with E-state index in [1.54, 1.807) is 0 Å². The smallest absolute Gasteiger partial charge is 0.359 e. The first-order valence-electron chi connectivity index (χ1n) is 9.18. The first-order chi connectivity index (χ1) is 14.4. The zero-order valence-corrected chi connectivity index (χ0v) is 18.0. The fraction of sp³-hybridized carbons (Fsp3) is 0.350. The molecule has 2 rings (SSSR count). The van der Waals surface area contributed by atoms with Gasteiger partial charge in [0.1, 0.15) is 5.69 Å². The van der Waals surface area contributed by atoms with Gasteiger partial charge in [0.05, 0.1) is 17.2 Å².